The molecule has 0 aliphatic carbocycles. The van der Waals surface area contributed by atoms with Crippen LogP contribution in [0.4, 0.5) is 4.79 Å². The Bertz CT molecular complexity index is 2220. The molecule has 17 nitrogen and oxygen atoms in total. The number of carbonyl (C=O) groups excluding carboxylic acids is 8. The lowest BCUT2D eigenvalue weighted by Crippen LogP contribution is -2.62. The van der Waals surface area contributed by atoms with Crippen molar-refractivity contribution in [1.29, 1.82) is 0 Å². The number of nitrogens with one attached hydrogen (secondary N) is 3. The molecular weight excluding hydrogens is 867 g/mol. The molecule has 0 heterocycles. The molecule has 4 aromatic rings. The summed E-state index contributed by atoms with van der Waals surface area (Å²) in [6, 6.07) is 31.2. The van der Waals surface area contributed by atoms with Crippen LogP contribution >= 0.6 is 0 Å². The number of amides is 3. The molecule has 6 atom stereocenters. The molecule has 4 aromatic carbocycles. The van der Waals surface area contributed by atoms with Gasteiger partial charge in [0.15, 0.2) is 18.3 Å². The number of carbonyl (C=O) groups is 8. The van der Waals surface area contributed by atoms with Crippen molar-refractivity contribution < 1.29 is 66.8 Å². The Kier molecular flexibility index (Phi) is 20.5. The van der Waals surface area contributed by atoms with E-state index in [2.05, 4.69) is 16.0 Å². The van der Waals surface area contributed by atoms with E-state index in [1.54, 1.807) is 123 Å². The predicted octanol–water partition coefficient (Wildman–Crippen LogP) is 5.75. The van der Waals surface area contributed by atoms with Crippen LogP contribution in [0.15, 0.2) is 121 Å². The Morgan fingerprint density at radius 3 is 1.49 bits per heavy atom. The van der Waals surface area contributed by atoms with Crippen LogP contribution in [0.25, 0.3) is 0 Å². The molecule has 3 N–H and O–H groups in total. The standard InChI is InChI=1S/C50H57N3O14/c1-31(2)27-41(53-50(61)63-29-36-19-11-7-12-20-36)48(59)52-42(30-62-32(3)54)45(64-33(4)55)46(65-34(5)56)47(66-35(6)57)49(60)51-40(37-21-13-8-14-22-37)28-43(58)67-44(38-23-15-9-16-24-38)39-25-17-10-18-26-39/h7-26,31,40-42,44-47H,27-30H2,1-6H3,(H,51,60)(H,52,59)(H,53,61). The van der Waals surface area contributed by atoms with Gasteiger partial charge >= 0.3 is 35.9 Å². The molecule has 0 aromatic heterocycles. The summed E-state index contributed by atoms with van der Waals surface area (Å²) in [5.41, 5.74) is 2.48. The second-order valence-corrected chi connectivity index (χ2v) is 15.9. The molecule has 4 rings (SSSR count). The van der Waals surface area contributed by atoms with E-state index in [9.17, 15) is 38.4 Å². The summed E-state index contributed by atoms with van der Waals surface area (Å²) < 4.78 is 33.5. The maximum atomic E-state index is 14.6. The number of benzene rings is 4. The normalized spacial score (nSPS) is 13.6. The lowest BCUT2D eigenvalue weighted by molar-refractivity contribution is -0.190. The predicted molar refractivity (Wildman–Crippen MR) is 241 cm³/mol. The molecule has 0 fully saturated rings. The molecule has 0 aliphatic rings. The molecule has 0 saturated heterocycles. The smallest absolute Gasteiger partial charge is 0.408 e. The van der Waals surface area contributed by atoms with Gasteiger partial charge in [0, 0.05) is 27.7 Å². The van der Waals surface area contributed by atoms with Crippen molar-refractivity contribution in [3.63, 3.8) is 0 Å². The van der Waals surface area contributed by atoms with E-state index in [-0.39, 0.29) is 18.9 Å². The summed E-state index contributed by atoms with van der Waals surface area (Å²) >= 11 is 0. The van der Waals surface area contributed by atoms with Gasteiger partial charge in [-0.05, 0) is 34.6 Å². The van der Waals surface area contributed by atoms with Crippen molar-refractivity contribution in [3.05, 3.63) is 144 Å². The van der Waals surface area contributed by atoms with Gasteiger partial charge in [0.2, 0.25) is 12.0 Å². The van der Waals surface area contributed by atoms with Gasteiger partial charge in [-0.25, -0.2) is 4.79 Å². The largest absolute Gasteiger partial charge is 0.464 e. The van der Waals surface area contributed by atoms with Gasteiger partial charge in [0.25, 0.3) is 5.91 Å². The van der Waals surface area contributed by atoms with Gasteiger partial charge in [0.05, 0.1) is 12.5 Å². The minimum Gasteiger partial charge on any atom is -0.464 e. The lowest BCUT2D eigenvalue weighted by atomic mass is 9.97. The maximum absolute atomic E-state index is 14.6. The minimum absolute atomic E-state index is 0.0669. The van der Waals surface area contributed by atoms with Crippen molar-refractivity contribution in [1.82, 2.24) is 16.0 Å². The number of rotatable bonds is 23. The van der Waals surface area contributed by atoms with Crippen molar-refractivity contribution in [2.75, 3.05) is 6.61 Å². The van der Waals surface area contributed by atoms with E-state index in [4.69, 9.17) is 28.4 Å². The average Bonchev–Trinajstić information content (AvgIpc) is 3.29. The first-order chi connectivity index (χ1) is 32.0. The number of hydrogen-bond acceptors (Lipinski definition) is 14. The monoisotopic (exact) mass is 923 g/mol. The van der Waals surface area contributed by atoms with E-state index in [1.165, 1.54) is 0 Å². The lowest BCUT2D eigenvalue weighted by Gasteiger charge is -2.36. The Labute approximate surface area is 389 Å². The van der Waals surface area contributed by atoms with Gasteiger partial charge in [-0.2, -0.15) is 0 Å². The van der Waals surface area contributed by atoms with Crippen molar-refractivity contribution in [2.24, 2.45) is 5.92 Å². The fraction of sp³-hybridized carbons (Fsp3) is 0.360. The molecule has 0 saturated carbocycles. The number of esters is 5. The highest BCUT2D eigenvalue weighted by Crippen LogP contribution is 2.29. The highest BCUT2D eigenvalue weighted by Gasteiger charge is 2.47. The summed E-state index contributed by atoms with van der Waals surface area (Å²) in [4.78, 5) is 106. The van der Waals surface area contributed by atoms with Crippen molar-refractivity contribution >= 4 is 47.8 Å². The molecule has 0 aliphatic heterocycles. The van der Waals surface area contributed by atoms with Crippen LogP contribution < -0.4 is 16.0 Å². The maximum Gasteiger partial charge on any atom is 0.408 e. The molecule has 67 heavy (non-hydrogen) atoms. The third-order valence-electron chi connectivity index (χ3n) is 9.84. The van der Waals surface area contributed by atoms with Crippen LogP contribution in [0.1, 0.15) is 88.8 Å². The first-order valence-corrected chi connectivity index (χ1v) is 21.6. The van der Waals surface area contributed by atoms with Crippen molar-refractivity contribution in [2.45, 2.75) is 104 Å². The minimum atomic E-state index is -2.14. The van der Waals surface area contributed by atoms with E-state index < -0.39 is 103 Å². The number of hydrogen-bond donors (Lipinski definition) is 3. The fourth-order valence-corrected chi connectivity index (χ4v) is 6.95. The van der Waals surface area contributed by atoms with Gasteiger partial charge in [0.1, 0.15) is 25.3 Å². The molecular formula is C50H57N3O14. The summed E-state index contributed by atoms with van der Waals surface area (Å²) in [7, 11) is 0. The van der Waals surface area contributed by atoms with Crippen LogP contribution in [-0.4, -0.2) is 84.8 Å². The molecule has 356 valence electrons. The molecule has 6 unspecified atom stereocenters. The zero-order chi connectivity index (χ0) is 48.9. The quantitative estimate of drug-likeness (QED) is 0.0595. The molecule has 0 spiro atoms. The average molecular weight is 924 g/mol. The van der Waals surface area contributed by atoms with Crippen LogP contribution in [0.2, 0.25) is 0 Å². The fourth-order valence-electron chi connectivity index (χ4n) is 6.95. The van der Waals surface area contributed by atoms with E-state index in [1.807, 2.05) is 12.1 Å². The molecule has 0 radical (unpaired) electrons. The van der Waals surface area contributed by atoms with Gasteiger partial charge in [-0.3, -0.25) is 33.6 Å². The van der Waals surface area contributed by atoms with Crippen molar-refractivity contribution in [3.8, 4) is 0 Å². The first kappa shape index (κ1) is 52.1. The second-order valence-electron chi connectivity index (χ2n) is 15.9. The SMILES string of the molecule is CC(=O)OCC(NC(=O)C(CC(C)C)NC(=O)OCc1ccccc1)C(OC(C)=O)C(OC(C)=O)C(OC(C)=O)C(=O)NC(CC(=O)OC(c1ccccc1)c1ccccc1)c1ccccc1. The Morgan fingerprint density at radius 1 is 0.507 bits per heavy atom. The number of alkyl carbamates (subject to hydrolysis) is 1. The van der Waals surface area contributed by atoms with Crippen LogP contribution in [-0.2, 0) is 68.6 Å². The van der Waals surface area contributed by atoms with Crippen LogP contribution in [0.5, 0.6) is 0 Å². The van der Waals surface area contributed by atoms with Crippen LogP contribution in [0.3, 0.4) is 0 Å². The van der Waals surface area contributed by atoms with E-state index in [0.717, 1.165) is 27.7 Å². The molecule has 17 heteroatoms. The summed E-state index contributed by atoms with van der Waals surface area (Å²) in [6.45, 7) is 6.75. The van der Waals surface area contributed by atoms with E-state index in [0.29, 0.717) is 22.3 Å². The Balaban J connectivity index is 1.70. The van der Waals surface area contributed by atoms with E-state index >= 15 is 0 Å². The second kappa shape index (κ2) is 26.4. The third kappa shape index (κ3) is 17.7. The molecule has 3 amide bonds. The zero-order valence-electron chi connectivity index (χ0n) is 38.2. The Hall–Kier alpha value is -7.56. The van der Waals surface area contributed by atoms with Gasteiger partial charge in [-0.15, -0.1) is 0 Å². The number of ether oxygens (including phenoxy) is 6. The Morgan fingerprint density at radius 2 is 1.00 bits per heavy atom. The highest BCUT2D eigenvalue weighted by molar-refractivity contribution is 5.87. The van der Waals surface area contributed by atoms with Crippen LogP contribution in [0, 0.1) is 5.92 Å². The third-order valence-corrected chi connectivity index (χ3v) is 9.84. The summed E-state index contributed by atoms with van der Waals surface area (Å²) in [5, 5.41) is 7.86. The molecule has 0 bridgehead atoms. The van der Waals surface area contributed by atoms with Gasteiger partial charge < -0.3 is 44.4 Å². The highest BCUT2D eigenvalue weighted by atomic mass is 16.6. The summed E-state index contributed by atoms with van der Waals surface area (Å²) in [6.07, 6.45) is -8.23. The van der Waals surface area contributed by atoms with Gasteiger partial charge in [-0.1, -0.05) is 135 Å². The topological polar surface area (TPSA) is 228 Å². The summed E-state index contributed by atoms with van der Waals surface area (Å²) in [5.74, 6) is -6.83. The zero-order valence-corrected chi connectivity index (χ0v) is 38.2. The first-order valence-electron chi connectivity index (χ1n) is 21.6.